The Kier molecular flexibility index (Phi) is 12.3. The minimum atomic E-state index is -0.822. The van der Waals surface area contributed by atoms with Crippen molar-refractivity contribution in [2.45, 2.75) is 62.6 Å². The average molecular weight is 792 g/mol. The number of phenols is 1. The highest BCUT2D eigenvalue weighted by atomic mass is 35.5. The number of aromatic hydroxyl groups is 1. The molecule has 1 unspecified atom stereocenters. The van der Waals surface area contributed by atoms with Crippen LogP contribution in [-0.4, -0.2) is 95.4 Å². The lowest BCUT2D eigenvalue weighted by Crippen LogP contribution is -2.55. The van der Waals surface area contributed by atoms with Gasteiger partial charge >= 0.3 is 5.97 Å². The number of amides is 1. The molecule has 13 heteroatoms. The van der Waals surface area contributed by atoms with Crippen molar-refractivity contribution in [3.05, 3.63) is 104 Å². The van der Waals surface area contributed by atoms with E-state index in [4.69, 9.17) is 32.7 Å². The van der Waals surface area contributed by atoms with E-state index in [1.165, 1.54) is 12.1 Å². The summed E-state index contributed by atoms with van der Waals surface area (Å²) in [6.45, 7) is 5.09. The number of likely N-dealkylation sites (tertiary alicyclic amines) is 1. The Hall–Kier alpha value is -4.13. The molecule has 3 aromatic carbocycles. The number of halogens is 2. The van der Waals surface area contributed by atoms with Gasteiger partial charge in [-0.3, -0.25) is 19.3 Å². The standard InChI is InChI=1S/C42H48Cl2N4O7/c43-32-23-28(24-33(44)39(32)54-22-6-2-5-17-45-25-35(50)30-9-11-34(49)38-31(30)10-12-37(51)46-38)40(52)48-20-15-42(16-21-48,29-7-3-1-4-8-29)41(53)55-36-26-47-18-13-27(36)14-19-47/h1,3-4,7-12,23-24,27,35-36,45,49-50H,2,5-6,13-22,25-26H2,(H,46,51)/t35?,36-/m0/s1. The Labute approximate surface area is 330 Å². The second-order valence-electron chi connectivity index (χ2n) is 15.0. The van der Waals surface area contributed by atoms with E-state index < -0.39 is 11.5 Å². The largest absolute Gasteiger partial charge is 0.506 e. The van der Waals surface area contributed by atoms with E-state index in [0.717, 1.165) is 57.3 Å². The molecule has 2 atom stereocenters. The van der Waals surface area contributed by atoms with E-state index in [9.17, 15) is 24.6 Å². The van der Waals surface area contributed by atoms with Gasteiger partial charge in [-0.1, -0.05) is 59.6 Å². The van der Waals surface area contributed by atoms with E-state index in [-0.39, 0.29) is 39.3 Å². The van der Waals surface area contributed by atoms with Crippen molar-refractivity contribution >= 4 is 46.0 Å². The van der Waals surface area contributed by atoms with Gasteiger partial charge in [0.05, 0.1) is 33.7 Å². The third-order valence-corrected chi connectivity index (χ3v) is 12.1. The molecular formula is C42H48Cl2N4O7. The van der Waals surface area contributed by atoms with Gasteiger partial charge in [-0.25, -0.2) is 0 Å². The first-order valence-corrected chi connectivity index (χ1v) is 20.0. The van der Waals surface area contributed by atoms with Crippen LogP contribution in [0.4, 0.5) is 0 Å². The highest BCUT2D eigenvalue weighted by Gasteiger charge is 2.47. The molecule has 0 aliphatic carbocycles. The molecule has 0 radical (unpaired) electrons. The molecule has 0 saturated carbocycles. The predicted molar refractivity (Wildman–Crippen MR) is 212 cm³/mol. The number of H-pyrrole nitrogens is 1. The molecule has 11 nitrogen and oxygen atoms in total. The van der Waals surface area contributed by atoms with E-state index in [2.05, 4.69) is 15.2 Å². The first kappa shape index (κ1) is 39.1. The van der Waals surface area contributed by atoms with Crippen molar-refractivity contribution in [1.29, 1.82) is 0 Å². The predicted octanol–water partition coefficient (Wildman–Crippen LogP) is 6.22. The average Bonchev–Trinajstić information content (AvgIpc) is 3.20. The summed E-state index contributed by atoms with van der Waals surface area (Å²) in [7, 11) is 0. The SMILES string of the molecule is O=C(c1cc(Cl)c(OCCCCCNCC(O)c2ccc(O)c3[nH]c(=O)ccc23)c(Cl)c1)N1CCC(C(=O)O[C@H]2CN3CCC2CC3)(c2ccccc2)CC1. The summed E-state index contributed by atoms with van der Waals surface area (Å²) in [5.74, 6) is 0.312. The van der Waals surface area contributed by atoms with Crippen LogP contribution in [0.25, 0.3) is 10.9 Å². The fraction of sp³-hybridized carbons (Fsp3) is 0.452. The lowest BCUT2D eigenvalue weighted by atomic mass is 9.72. The monoisotopic (exact) mass is 790 g/mol. The maximum absolute atomic E-state index is 14.0. The summed E-state index contributed by atoms with van der Waals surface area (Å²) in [6, 6.07) is 19.1. The number of hydrogen-bond donors (Lipinski definition) is 4. The number of carbonyl (C=O) groups is 2. The van der Waals surface area contributed by atoms with Crippen LogP contribution in [0.1, 0.15) is 72.5 Å². The van der Waals surface area contributed by atoms with Gasteiger partial charge in [-0.05, 0) is 106 Å². The summed E-state index contributed by atoms with van der Waals surface area (Å²) in [5, 5.41) is 25.2. The quantitative estimate of drug-likeness (QED) is 0.0864. The van der Waals surface area contributed by atoms with E-state index in [1.54, 1.807) is 29.2 Å². The number of esters is 1. The van der Waals surface area contributed by atoms with Gasteiger partial charge in [-0.2, -0.15) is 0 Å². The van der Waals surface area contributed by atoms with Crippen LogP contribution >= 0.6 is 23.2 Å². The molecule has 4 saturated heterocycles. The molecule has 1 amide bonds. The fourth-order valence-corrected chi connectivity index (χ4v) is 8.96. The first-order chi connectivity index (χ1) is 26.6. The third-order valence-electron chi connectivity index (χ3n) is 11.6. The Bertz CT molecular complexity index is 2020. The molecule has 0 spiro atoms. The number of pyridine rings is 1. The zero-order valence-corrected chi connectivity index (χ0v) is 32.3. The van der Waals surface area contributed by atoms with Crippen molar-refractivity contribution in [1.82, 2.24) is 20.1 Å². The summed E-state index contributed by atoms with van der Waals surface area (Å²) < 4.78 is 12.2. The number of aliphatic hydroxyl groups is 1. The van der Waals surface area contributed by atoms with Gasteiger partial charge in [0.15, 0.2) is 5.75 Å². The molecule has 4 aromatic rings. The van der Waals surface area contributed by atoms with Crippen LogP contribution in [0.5, 0.6) is 11.5 Å². The van der Waals surface area contributed by atoms with Gasteiger partial charge in [0.1, 0.15) is 11.9 Å². The Morgan fingerprint density at radius 3 is 2.36 bits per heavy atom. The number of nitrogens with one attached hydrogen (secondary N) is 2. The second-order valence-corrected chi connectivity index (χ2v) is 15.8. The number of aromatic nitrogens is 1. The highest BCUT2D eigenvalue weighted by Crippen LogP contribution is 2.40. The Balaban J connectivity index is 0.872. The number of nitrogens with zero attached hydrogens (tertiary/aromatic N) is 2. The van der Waals surface area contributed by atoms with Crippen LogP contribution in [-0.2, 0) is 14.9 Å². The topological polar surface area (TPSA) is 144 Å². The third kappa shape index (κ3) is 8.66. The smallest absolute Gasteiger partial charge is 0.317 e. The molecule has 1 aromatic heterocycles. The molecule has 292 valence electrons. The van der Waals surface area contributed by atoms with E-state index in [1.807, 2.05) is 30.3 Å². The minimum absolute atomic E-state index is 0.0469. The number of piperidine rings is 4. The number of benzene rings is 3. The number of unbranched alkanes of at least 4 members (excludes halogenated alkanes) is 2. The lowest BCUT2D eigenvalue weighted by molar-refractivity contribution is -0.167. The summed E-state index contributed by atoms with van der Waals surface area (Å²) >= 11 is 13.2. The zero-order chi connectivity index (χ0) is 38.5. The molecule has 5 heterocycles. The fourth-order valence-electron chi connectivity index (χ4n) is 8.36. The van der Waals surface area contributed by atoms with Crippen molar-refractivity contribution in [2.24, 2.45) is 5.92 Å². The van der Waals surface area contributed by atoms with Crippen LogP contribution < -0.4 is 15.6 Å². The molecule has 4 aliphatic heterocycles. The molecule has 4 fully saturated rings. The van der Waals surface area contributed by atoms with Crippen LogP contribution in [0.15, 0.2) is 71.5 Å². The molecule has 55 heavy (non-hydrogen) atoms. The minimum Gasteiger partial charge on any atom is -0.506 e. The van der Waals surface area contributed by atoms with Crippen LogP contribution in [0.2, 0.25) is 10.0 Å². The number of phenolic OH excluding ortho intramolecular Hbond substituents is 1. The van der Waals surface area contributed by atoms with Gasteiger partial charge in [-0.15, -0.1) is 0 Å². The molecule has 4 aliphatic rings. The first-order valence-electron chi connectivity index (χ1n) is 19.3. The number of aromatic amines is 1. The van der Waals surface area contributed by atoms with Gasteiger partial charge in [0.2, 0.25) is 5.56 Å². The number of hydrogen-bond acceptors (Lipinski definition) is 9. The lowest BCUT2D eigenvalue weighted by Gasteiger charge is -2.46. The molecular weight excluding hydrogens is 743 g/mol. The molecule has 4 N–H and O–H groups in total. The number of rotatable bonds is 14. The second kappa shape index (κ2) is 17.3. The summed E-state index contributed by atoms with van der Waals surface area (Å²) in [5.41, 5.74) is 1.07. The normalized spacial score (nSPS) is 21.0. The van der Waals surface area contributed by atoms with Gasteiger partial charge < -0.3 is 34.9 Å². The summed E-state index contributed by atoms with van der Waals surface area (Å²) in [4.78, 5) is 46.2. The van der Waals surface area contributed by atoms with Crippen molar-refractivity contribution in [3.8, 4) is 11.5 Å². The van der Waals surface area contributed by atoms with Gasteiger partial charge in [0.25, 0.3) is 5.91 Å². The number of carbonyl (C=O) groups excluding carboxylic acids is 2. The Morgan fingerprint density at radius 2 is 1.67 bits per heavy atom. The van der Waals surface area contributed by atoms with Gasteiger partial charge in [0, 0.05) is 43.2 Å². The van der Waals surface area contributed by atoms with Crippen molar-refractivity contribution in [2.75, 3.05) is 52.4 Å². The van der Waals surface area contributed by atoms with Crippen molar-refractivity contribution < 1.29 is 29.3 Å². The number of fused-ring (bicyclic) bond motifs is 4. The van der Waals surface area contributed by atoms with E-state index >= 15 is 0 Å². The maximum Gasteiger partial charge on any atom is 0.317 e. The number of ether oxygens (including phenoxy) is 2. The summed E-state index contributed by atoms with van der Waals surface area (Å²) in [6.07, 6.45) is 4.57. The van der Waals surface area contributed by atoms with Crippen LogP contribution in [0.3, 0.4) is 0 Å². The highest BCUT2D eigenvalue weighted by molar-refractivity contribution is 6.37. The zero-order valence-electron chi connectivity index (χ0n) is 30.8. The van der Waals surface area contributed by atoms with Crippen molar-refractivity contribution in [3.63, 3.8) is 0 Å². The molecule has 8 rings (SSSR count). The Morgan fingerprint density at radius 1 is 0.945 bits per heavy atom. The van der Waals surface area contributed by atoms with Crippen LogP contribution in [0, 0.1) is 5.92 Å². The molecule has 2 bridgehead atoms. The number of aliphatic hydroxyl groups excluding tert-OH is 1. The maximum atomic E-state index is 14.0. The van der Waals surface area contributed by atoms with E-state index in [0.29, 0.717) is 79.3 Å².